The third kappa shape index (κ3) is 1.62. The zero-order valence-electron chi connectivity index (χ0n) is 8.04. The fourth-order valence-electron chi connectivity index (χ4n) is 2.65. The third-order valence-corrected chi connectivity index (χ3v) is 5.09. The highest BCUT2D eigenvalue weighted by Gasteiger charge is 2.38. The van der Waals surface area contributed by atoms with Crippen molar-refractivity contribution in [3.05, 3.63) is 0 Å². The zero-order valence-corrected chi connectivity index (χ0v) is 8.85. The van der Waals surface area contributed by atoms with Crippen molar-refractivity contribution >= 4 is 11.8 Å². The van der Waals surface area contributed by atoms with Crippen LogP contribution in [0.15, 0.2) is 0 Å². The van der Waals surface area contributed by atoms with Crippen LogP contribution in [0.5, 0.6) is 0 Å². The monoisotopic (exact) mass is 198 g/mol. The quantitative estimate of drug-likeness (QED) is 0.721. The first-order valence-electron chi connectivity index (χ1n) is 5.48. The molecule has 0 aromatic rings. The van der Waals surface area contributed by atoms with Gasteiger partial charge < -0.3 is 5.32 Å². The minimum atomic E-state index is 0.947. The van der Waals surface area contributed by atoms with Gasteiger partial charge in [-0.05, 0) is 38.4 Å². The van der Waals surface area contributed by atoms with Crippen LogP contribution >= 0.6 is 11.8 Å². The molecule has 0 spiro atoms. The predicted molar refractivity (Wildman–Crippen MR) is 57.2 cm³/mol. The first-order valence-corrected chi connectivity index (χ1v) is 6.53. The van der Waals surface area contributed by atoms with E-state index in [0.29, 0.717) is 0 Å². The smallest absolute Gasteiger partial charge is 0.0197 e. The summed E-state index contributed by atoms with van der Waals surface area (Å²) >= 11 is 2.20. The van der Waals surface area contributed by atoms with E-state index in [1.807, 2.05) is 0 Å². The van der Waals surface area contributed by atoms with Gasteiger partial charge in [-0.15, -0.1) is 0 Å². The van der Waals surface area contributed by atoms with Gasteiger partial charge in [0.15, 0.2) is 0 Å². The second-order valence-electron chi connectivity index (χ2n) is 4.65. The van der Waals surface area contributed by atoms with Crippen molar-refractivity contribution in [2.24, 2.45) is 5.92 Å². The molecule has 2 bridgehead atoms. The minimum absolute atomic E-state index is 0.947. The van der Waals surface area contributed by atoms with Crippen molar-refractivity contribution in [3.8, 4) is 0 Å². The largest absolute Gasteiger partial charge is 0.316 e. The van der Waals surface area contributed by atoms with Crippen LogP contribution in [-0.2, 0) is 0 Å². The SMILES string of the molecule is C(CN1CC2CC1CS2)C1CNC1. The Morgan fingerprint density at radius 2 is 2.31 bits per heavy atom. The molecule has 3 heterocycles. The molecule has 2 atom stereocenters. The molecule has 3 aliphatic heterocycles. The van der Waals surface area contributed by atoms with E-state index in [1.54, 1.807) is 0 Å². The van der Waals surface area contributed by atoms with Crippen molar-refractivity contribution in [3.63, 3.8) is 0 Å². The summed E-state index contributed by atoms with van der Waals surface area (Å²) < 4.78 is 0. The maximum atomic E-state index is 3.35. The molecule has 0 aliphatic carbocycles. The molecule has 74 valence electrons. The van der Waals surface area contributed by atoms with Crippen LogP contribution < -0.4 is 5.32 Å². The lowest BCUT2D eigenvalue weighted by molar-refractivity contribution is 0.222. The van der Waals surface area contributed by atoms with Crippen LogP contribution in [0, 0.1) is 5.92 Å². The molecule has 3 rings (SSSR count). The third-order valence-electron chi connectivity index (χ3n) is 3.70. The van der Waals surface area contributed by atoms with E-state index < -0.39 is 0 Å². The fraction of sp³-hybridized carbons (Fsp3) is 1.00. The van der Waals surface area contributed by atoms with Gasteiger partial charge >= 0.3 is 0 Å². The standard InChI is InChI=1S/C10H18N2S/c1(8-4-11-5-8)2-12-6-10-3-9(12)7-13-10/h8-11H,1-7H2. The predicted octanol–water partition coefficient (Wildman–Crippen LogP) is 0.786. The van der Waals surface area contributed by atoms with Crippen molar-refractivity contribution in [2.45, 2.75) is 24.1 Å². The van der Waals surface area contributed by atoms with E-state index in [2.05, 4.69) is 22.0 Å². The van der Waals surface area contributed by atoms with Crippen molar-refractivity contribution in [2.75, 3.05) is 31.9 Å². The summed E-state index contributed by atoms with van der Waals surface area (Å²) in [6, 6.07) is 0.947. The van der Waals surface area contributed by atoms with Gasteiger partial charge in [0.1, 0.15) is 0 Å². The maximum Gasteiger partial charge on any atom is 0.0197 e. The summed E-state index contributed by atoms with van der Waals surface area (Å²) in [5.41, 5.74) is 0. The van der Waals surface area contributed by atoms with Gasteiger partial charge in [-0.2, -0.15) is 11.8 Å². The summed E-state index contributed by atoms with van der Waals surface area (Å²) in [6.45, 7) is 5.30. The number of fused-ring (bicyclic) bond motifs is 2. The van der Waals surface area contributed by atoms with Gasteiger partial charge in [-0.3, -0.25) is 4.90 Å². The van der Waals surface area contributed by atoms with E-state index in [0.717, 1.165) is 17.2 Å². The number of nitrogens with one attached hydrogen (secondary N) is 1. The van der Waals surface area contributed by atoms with E-state index in [4.69, 9.17) is 0 Å². The highest BCUT2D eigenvalue weighted by molar-refractivity contribution is 8.00. The summed E-state index contributed by atoms with van der Waals surface area (Å²) in [5, 5.41) is 4.34. The molecule has 0 amide bonds. The van der Waals surface area contributed by atoms with Gasteiger partial charge in [0.2, 0.25) is 0 Å². The maximum absolute atomic E-state index is 3.35. The average molecular weight is 198 g/mol. The van der Waals surface area contributed by atoms with E-state index in [-0.39, 0.29) is 0 Å². The van der Waals surface area contributed by atoms with Crippen LogP contribution in [0.3, 0.4) is 0 Å². The Balaban J connectivity index is 1.45. The molecular weight excluding hydrogens is 180 g/mol. The Morgan fingerprint density at radius 1 is 1.38 bits per heavy atom. The molecule has 2 unspecified atom stereocenters. The summed E-state index contributed by atoms with van der Waals surface area (Å²) in [6.07, 6.45) is 2.91. The Morgan fingerprint density at radius 3 is 2.85 bits per heavy atom. The van der Waals surface area contributed by atoms with E-state index in [9.17, 15) is 0 Å². The lowest BCUT2D eigenvalue weighted by atomic mass is 9.99. The Kier molecular flexibility index (Phi) is 2.27. The molecule has 13 heavy (non-hydrogen) atoms. The highest BCUT2D eigenvalue weighted by Crippen LogP contribution is 2.37. The molecular formula is C10H18N2S. The number of likely N-dealkylation sites (tertiary alicyclic amines) is 1. The molecule has 3 aliphatic rings. The molecule has 3 saturated heterocycles. The number of thioether (sulfide) groups is 1. The van der Waals surface area contributed by atoms with Crippen molar-refractivity contribution < 1.29 is 0 Å². The Labute approximate surface area is 84.4 Å². The molecule has 0 aromatic heterocycles. The molecule has 3 fully saturated rings. The van der Waals surface area contributed by atoms with Crippen LogP contribution in [0.2, 0.25) is 0 Å². The van der Waals surface area contributed by atoms with Crippen LogP contribution in [0.25, 0.3) is 0 Å². The van der Waals surface area contributed by atoms with Gasteiger partial charge in [0.05, 0.1) is 0 Å². The summed E-state index contributed by atoms with van der Waals surface area (Å²) in [7, 11) is 0. The topological polar surface area (TPSA) is 15.3 Å². The van der Waals surface area contributed by atoms with E-state index >= 15 is 0 Å². The molecule has 1 N–H and O–H groups in total. The lowest BCUT2D eigenvalue weighted by Gasteiger charge is -2.32. The lowest BCUT2D eigenvalue weighted by Crippen LogP contribution is -2.44. The number of rotatable bonds is 3. The summed E-state index contributed by atoms with van der Waals surface area (Å²) in [4.78, 5) is 2.74. The fourth-order valence-corrected chi connectivity index (χ4v) is 4.15. The van der Waals surface area contributed by atoms with Gasteiger partial charge in [0.25, 0.3) is 0 Å². The van der Waals surface area contributed by atoms with Crippen molar-refractivity contribution in [1.82, 2.24) is 10.2 Å². The Bertz CT molecular complexity index is 193. The van der Waals surface area contributed by atoms with Crippen LogP contribution in [0.1, 0.15) is 12.8 Å². The molecule has 2 nitrogen and oxygen atoms in total. The molecule has 0 saturated carbocycles. The zero-order chi connectivity index (χ0) is 8.67. The number of nitrogens with zero attached hydrogens (tertiary/aromatic N) is 1. The van der Waals surface area contributed by atoms with Gasteiger partial charge in [0, 0.05) is 23.6 Å². The van der Waals surface area contributed by atoms with Crippen LogP contribution in [-0.4, -0.2) is 48.1 Å². The number of hydrogen-bond acceptors (Lipinski definition) is 3. The first-order chi connectivity index (χ1) is 6.42. The Hall–Kier alpha value is 0.270. The van der Waals surface area contributed by atoms with E-state index in [1.165, 1.54) is 44.8 Å². The average Bonchev–Trinajstić information content (AvgIpc) is 2.61. The van der Waals surface area contributed by atoms with Crippen LogP contribution in [0.4, 0.5) is 0 Å². The molecule has 3 heteroatoms. The highest BCUT2D eigenvalue weighted by atomic mass is 32.2. The molecule has 0 radical (unpaired) electrons. The van der Waals surface area contributed by atoms with Crippen molar-refractivity contribution in [1.29, 1.82) is 0 Å². The summed E-state index contributed by atoms with van der Waals surface area (Å²) in [5.74, 6) is 2.40. The second-order valence-corrected chi connectivity index (χ2v) is 5.99. The van der Waals surface area contributed by atoms with Gasteiger partial charge in [-0.25, -0.2) is 0 Å². The first kappa shape index (κ1) is 8.57. The number of hydrogen-bond donors (Lipinski definition) is 1. The molecule has 0 aromatic carbocycles. The second kappa shape index (κ2) is 3.44. The van der Waals surface area contributed by atoms with Gasteiger partial charge in [-0.1, -0.05) is 0 Å². The minimum Gasteiger partial charge on any atom is -0.316 e. The normalized spacial score (nSPS) is 39.7.